The van der Waals surface area contributed by atoms with Gasteiger partial charge in [0.25, 0.3) is 5.91 Å². The van der Waals surface area contributed by atoms with Crippen LogP contribution in [0.3, 0.4) is 0 Å². The van der Waals surface area contributed by atoms with Crippen LogP contribution < -0.4 is 5.32 Å². The molecule has 1 heterocycles. The second-order valence-corrected chi connectivity index (χ2v) is 4.63. The Bertz CT molecular complexity index is 645. The molecule has 0 aliphatic carbocycles. The van der Waals surface area contributed by atoms with Crippen molar-refractivity contribution < 1.29 is 19.1 Å². The summed E-state index contributed by atoms with van der Waals surface area (Å²) in [6, 6.07) is 10.1. The third kappa shape index (κ3) is 3.95. The molecule has 1 aromatic carbocycles. The van der Waals surface area contributed by atoms with Crippen LogP contribution in [0.2, 0.25) is 0 Å². The number of rotatable bonds is 6. The first-order valence-electron chi connectivity index (χ1n) is 6.79. The van der Waals surface area contributed by atoms with Gasteiger partial charge in [0, 0.05) is 13.0 Å². The number of benzene rings is 1. The molecule has 0 atom stereocenters. The Morgan fingerprint density at radius 1 is 1.24 bits per heavy atom. The quantitative estimate of drug-likeness (QED) is 0.855. The lowest BCUT2D eigenvalue weighted by atomic mass is 10.1. The highest BCUT2D eigenvalue weighted by atomic mass is 16.4. The SMILES string of the molecule is CCc1ccc(C(=O)NCCc2cccc(C(=O)O)c2)o1. The second-order valence-electron chi connectivity index (χ2n) is 4.63. The fraction of sp³-hybridized carbons (Fsp3) is 0.250. The highest BCUT2D eigenvalue weighted by molar-refractivity contribution is 5.91. The van der Waals surface area contributed by atoms with Crippen LogP contribution in [0.25, 0.3) is 0 Å². The van der Waals surface area contributed by atoms with Crippen LogP contribution in [0.1, 0.15) is 39.2 Å². The van der Waals surface area contributed by atoms with Gasteiger partial charge in [-0.25, -0.2) is 4.79 Å². The topological polar surface area (TPSA) is 79.5 Å². The first-order valence-corrected chi connectivity index (χ1v) is 6.79. The van der Waals surface area contributed by atoms with Crippen molar-refractivity contribution in [1.29, 1.82) is 0 Å². The molecule has 21 heavy (non-hydrogen) atoms. The first-order chi connectivity index (χ1) is 10.1. The summed E-state index contributed by atoms with van der Waals surface area (Å²) in [7, 11) is 0. The van der Waals surface area contributed by atoms with Gasteiger partial charge < -0.3 is 14.8 Å². The van der Waals surface area contributed by atoms with E-state index in [0.29, 0.717) is 18.7 Å². The Hall–Kier alpha value is -2.56. The molecule has 0 bridgehead atoms. The van der Waals surface area contributed by atoms with Crippen LogP contribution in [0.5, 0.6) is 0 Å². The van der Waals surface area contributed by atoms with Crippen LogP contribution in [0.4, 0.5) is 0 Å². The van der Waals surface area contributed by atoms with Gasteiger partial charge in [-0.3, -0.25) is 4.79 Å². The van der Waals surface area contributed by atoms with Gasteiger partial charge in [0.2, 0.25) is 0 Å². The predicted molar refractivity (Wildman–Crippen MR) is 77.5 cm³/mol. The van der Waals surface area contributed by atoms with Crippen molar-refractivity contribution in [3.8, 4) is 0 Å². The number of carboxylic acids is 1. The van der Waals surface area contributed by atoms with Gasteiger partial charge in [-0.1, -0.05) is 19.1 Å². The van der Waals surface area contributed by atoms with Crippen LogP contribution >= 0.6 is 0 Å². The minimum Gasteiger partial charge on any atom is -0.478 e. The average Bonchev–Trinajstić information content (AvgIpc) is 2.96. The lowest BCUT2D eigenvalue weighted by Crippen LogP contribution is -2.25. The molecule has 2 aromatic rings. The first kappa shape index (κ1) is 14.8. The van der Waals surface area contributed by atoms with Crippen molar-refractivity contribution in [2.45, 2.75) is 19.8 Å². The molecule has 0 aliphatic heterocycles. The molecular weight excluding hydrogens is 270 g/mol. The molecule has 0 spiro atoms. The minimum atomic E-state index is -0.955. The summed E-state index contributed by atoms with van der Waals surface area (Å²) in [6.07, 6.45) is 1.31. The van der Waals surface area contributed by atoms with Gasteiger partial charge in [0.1, 0.15) is 5.76 Å². The van der Waals surface area contributed by atoms with E-state index in [0.717, 1.165) is 17.7 Å². The van der Waals surface area contributed by atoms with Crippen LogP contribution in [-0.4, -0.2) is 23.5 Å². The van der Waals surface area contributed by atoms with E-state index in [1.165, 1.54) is 0 Å². The highest BCUT2D eigenvalue weighted by Gasteiger charge is 2.10. The van der Waals surface area contributed by atoms with Crippen molar-refractivity contribution in [2.24, 2.45) is 0 Å². The minimum absolute atomic E-state index is 0.248. The van der Waals surface area contributed by atoms with Crippen molar-refractivity contribution >= 4 is 11.9 Å². The van der Waals surface area contributed by atoms with Crippen molar-refractivity contribution in [3.63, 3.8) is 0 Å². The predicted octanol–water partition coefficient (Wildman–Crippen LogP) is 2.51. The Balaban J connectivity index is 1.87. The number of carboxylic acid groups (broad SMARTS) is 1. The van der Waals surface area contributed by atoms with E-state index in [-0.39, 0.29) is 11.5 Å². The molecule has 2 N–H and O–H groups in total. The molecule has 0 saturated heterocycles. The van der Waals surface area contributed by atoms with Crippen molar-refractivity contribution in [3.05, 3.63) is 59.0 Å². The maximum atomic E-state index is 11.8. The normalized spacial score (nSPS) is 10.3. The number of nitrogens with one attached hydrogen (secondary N) is 1. The van der Waals surface area contributed by atoms with Crippen LogP contribution in [0, 0.1) is 0 Å². The lowest BCUT2D eigenvalue weighted by Gasteiger charge is -2.04. The summed E-state index contributed by atoms with van der Waals surface area (Å²) in [4.78, 5) is 22.7. The summed E-state index contributed by atoms with van der Waals surface area (Å²) in [5.74, 6) is -0.145. The number of aryl methyl sites for hydroxylation is 1. The molecule has 110 valence electrons. The van der Waals surface area contributed by atoms with Gasteiger partial charge in [0.15, 0.2) is 5.76 Å². The lowest BCUT2D eigenvalue weighted by molar-refractivity contribution is 0.0696. The second kappa shape index (κ2) is 6.74. The van der Waals surface area contributed by atoms with E-state index in [9.17, 15) is 9.59 Å². The standard InChI is InChI=1S/C16H17NO4/c1-2-13-6-7-14(21-13)15(18)17-9-8-11-4-3-5-12(10-11)16(19)20/h3-7,10H,2,8-9H2,1H3,(H,17,18)(H,19,20). The van der Waals surface area contributed by atoms with Gasteiger partial charge in [-0.05, 0) is 36.2 Å². The number of aromatic carboxylic acids is 1. The zero-order valence-electron chi connectivity index (χ0n) is 11.8. The number of amides is 1. The van der Waals surface area contributed by atoms with E-state index in [1.54, 1.807) is 30.3 Å². The molecule has 1 amide bonds. The Morgan fingerprint density at radius 2 is 2.05 bits per heavy atom. The largest absolute Gasteiger partial charge is 0.478 e. The third-order valence-corrected chi connectivity index (χ3v) is 3.11. The zero-order chi connectivity index (χ0) is 15.2. The summed E-state index contributed by atoms with van der Waals surface area (Å²) in [5, 5.41) is 11.7. The van der Waals surface area contributed by atoms with Gasteiger partial charge in [-0.15, -0.1) is 0 Å². The molecule has 0 saturated carbocycles. The smallest absolute Gasteiger partial charge is 0.335 e. The fourth-order valence-corrected chi connectivity index (χ4v) is 1.96. The van der Waals surface area contributed by atoms with E-state index >= 15 is 0 Å². The van der Waals surface area contributed by atoms with Crippen molar-refractivity contribution in [2.75, 3.05) is 6.54 Å². The van der Waals surface area contributed by atoms with Gasteiger partial charge in [0.05, 0.1) is 5.56 Å². The van der Waals surface area contributed by atoms with Gasteiger partial charge in [-0.2, -0.15) is 0 Å². The van der Waals surface area contributed by atoms with E-state index in [1.807, 2.05) is 13.0 Å². The number of carbonyl (C=O) groups is 2. The molecule has 0 aliphatic rings. The summed E-state index contributed by atoms with van der Waals surface area (Å²) >= 11 is 0. The molecule has 2 rings (SSSR count). The van der Waals surface area contributed by atoms with Crippen LogP contribution in [0.15, 0.2) is 40.8 Å². The number of furan rings is 1. The Kier molecular flexibility index (Phi) is 4.77. The summed E-state index contributed by atoms with van der Waals surface area (Å²) in [6.45, 7) is 2.38. The number of hydrogen-bond donors (Lipinski definition) is 2. The van der Waals surface area contributed by atoms with E-state index in [2.05, 4.69) is 5.32 Å². The zero-order valence-corrected chi connectivity index (χ0v) is 11.8. The summed E-state index contributed by atoms with van der Waals surface area (Å²) in [5.41, 5.74) is 1.11. The maximum absolute atomic E-state index is 11.8. The molecule has 5 heteroatoms. The van der Waals surface area contributed by atoms with E-state index in [4.69, 9.17) is 9.52 Å². The molecule has 1 aromatic heterocycles. The maximum Gasteiger partial charge on any atom is 0.335 e. The monoisotopic (exact) mass is 287 g/mol. The average molecular weight is 287 g/mol. The third-order valence-electron chi connectivity index (χ3n) is 3.11. The highest BCUT2D eigenvalue weighted by Crippen LogP contribution is 2.09. The molecule has 5 nitrogen and oxygen atoms in total. The fourth-order valence-electron chi connectivity index (χ4n) is 1.96. The van der Waals surface area contributed by atoms with Crippen LogP contribution in [-0.2, 0) is 12.8 Å². The van der Waals surface area contributed by atoms with E-state index < -0.39 is 5.97 Å². The Morgan fingerprint density at radius 3 is 2.71 bits per heavy atom. The number of hydrogen-bond acceptors (Lipinski definition) is 3. The molecule has 0 unspecified atom stereocenters. The molecule has 0 radical (unpaired) electrons. The van der Waals surface area contributed by atoms with Crippen molar-refractivity contribution in [1.82, 2.24) is 5.32 Å². The molecular formula is C16H17NO4. The van der Waals surface area contributed by atoms with Gasteiger partial charge >= 0.3 is 5.97 Å². The summed E-state index contributed by atoms with van der Waals surface area (Å²) < 4.78 is 5.36. The number of carbonyl (C=O) groups excluding carboxylic acids is 1. The molecule has 0 fully saturated rings. The Labute approximate surface area is 122 Å².